The maximum atomic E-state index is 12.8. The summed E-state index contributed by atoms with van der Waals surface area (Å²) >= 11 is 0. The first-order valence-electron chi connectivity index (χ1n) is 13.0. The molecule has 194 valence electrons. The number of likely N-dealkylation sites (tertiary alicyclic amines) is 1. The first-order valence-corrected chi connectivity index (χ1v) is 13.0. The molecule has 1 saturated heterocycles. The third kappa shape index (κ3) is 8.06. The molecule has 1 aromatic carbocycles. The van der Waals surface area contributed by atoms with Crippen LogP contribution in [0.25, 0.3) is 0 Å². The predicted octanol–water partition coefficient (Wildman–Crippen LogP) is 3.89. The van der Waals surface area contributed by atoms with Crippen molar-refractivity contribution >= 4 is 23.0 Å². The van der Waals surface area contributed by atoms with Crippen molar-refractivity contribution in [3.8, 4) is 5.75 Å². The number of carbonyl (C=O) groups is 1. The number of rotatable bonds is 15. The van der Waals surface area contributed by atoms with Crippen molar-refractivity contribution in [3.63, 3.8) is 0 Å². The van der Waals surface area contributed by atoms with Crippen LogP contribution in [-0.2, 0) is 17.8 Å². The summed E-state index contributed by atoms with van der Waals surface area (Å²) < 4.78 is 7.19. The molecule has 3 rings (SSSR count). The first kappa shape index (κ1) is 26.7. The summed E-state index contributed by atoms with van der Waals surface area (Å²) in [6.45, 7) is 6.81. The van der Waals surface area contributed by atoms with Crippen LogP contribution < -0.4 is 26.2 Å². The fourth-order valence-electron chi connectivity index (χ4n) is 4.51. The molecule has 1 aromatic heterocycles. The average molecular weight is 487 g/mol. The van der Waals surface area contributed by atoms with Gasteiger partial charge in [0.15, 0.2) is 0 Å². The number of benzene rings is 1. The van der Waals surface area contributed by atoms with Crippen LogP contribution in [0.15, 0.2) is 23.0 Å². The molecule has 0 spiro atoms. The summed E-state index contributed by atoms with van der Waals surface area (Å²) in [5.74, 6) is 0.551. The minimum Gasteiger partial charge on any atom is -0.494 e. The van der Waals surface area contributed by atoms with Gasteiger partial charge in [-0.2, -0.15) is 0 Å². The molecule has 0 unspecified atom stereocenters. The summed E-state index contributed by atoms with van der Waals surface area (Å²) in [5, 5.41) is 12.7. The van der Waals surface area contributed by atoms with Crippen LogP contribution in [0.2, 0.25) is 0 Å². The zero-order valence-electron chi connectivity index (χ0n) is 21.5. The maximum absolute atomic E-state index is 12.8. The summed E-state index contributed by atoms with van der Waals surface area (Å²) in [6, 6.07) is 5.47. The Hall–Kier alpha value is -2.94. The van der Waals surface area contributed by atoms with Crippen LogP contribution in [-0.4, -0.2) is 60.9 Å². The Labute approximate surface area is 208 Å². The lowest BCUT2D eigenvalue weighted by molar-refractivity contribution is -0.116. The van der Waals surface area contributed by atoms with Crippen LogP contribution in [0.1, 0.15) is 57.6 Å². The smallest absolute Gasteiger partial charge is 0.266 e. The second-order valence-electron chi connectivity index (χ2n) is 9.21. The lowest BCUT2D eigenvalue weighted by Crippen LogP contribution is -2.28. The van der Waals surface area contributed by atoms with Gasteiger partial charge in [0, 0.05) is 50.1 Å². The van der Waals surface area contributed by atoms with E-state index in [1.165, 1.54) is 32.1 Å². The van der Waals surface area contributed by atoms with Gasteiger partial charge in [-0.15, -0.1) is 0 Å². The van der Waals surface area contributed by atoms with Gasteiger partial charge in [0.05, 0.1) is 19.3 Å². The quantitative estimate of drug-likeness (QED) is 0.285. The highest BCUT2D eigenvalue weighted by Crippen LogP contribution is 2.36. The molecule has 1 amide bonds. The lowest BCUT2D eigenvalue weighted by Gasteiger charge is -2.17. The van der Waals surface area contributed by atoms with Gasteiger partial charge in [-0.05, 0) is 44.8 Å². The number of hydrogen-bond donors (Lipinski definition) is 4. The number of H-pyrrole nitrogens is 1. The highest BCUT2D eigenvalue weighted by Gasteiger charge is 2.15. The third-order valence-corrected chi connectivity index (χ3v) is 6.51. The zero-order chi connectivity index (χ0) is 25.0. The number of hydrogen-bond acceptors (Lipinski definition) is 6. The molecule has 9 heteroatoms. The van der Waals surface area contributed by atoms with Crippen molar-refractivity contribution < 1.29 is 9.53 Å². The maximum Gasteiger partial charge on any atom is 0.266 e. The molecule has 0 aliphatic carbocycles. The number of nitrogens with zero attached hydrogens (tertiary/aromatic N) is 2. The Morgan fingerprint density at radius 1 is 1.11 bits per heavy atom. The number of amides is 1. The van der Waals surface area contributed by atoms with E-state index in [-0.39, 0.29) is 17.9 Å². The van der Waals surface area contributed by atoms with Gasteiger partial charge < -0.3 is 25.6 Å². The van der Waals surface area contributed by atoms with E-state index in [2.05, 4.69) is 32.9 Å². The predicted molar refractivity (Wildman–Crippen MR) is 143 cm³/mol. The van der Waals surface area contributed by atoms with E-state index in [1.54, 1.807) is 24.9 Å². The van der Waals surface area contributed by atoms with E-state index < -0.39 is 0 Å². The minimum atomic E-state index is -0.116. The molecule has 0 bridgehead atoms. The van der Waals surface area contributed by atoms with Crippen LogP contribution in [0.5, 0.6) is 5.75 Å². The molecule has 1 aliphatic heterocycles. The molecule has 2 heterocycles. The van der Waals surface area contributed by atoms with E-state index in [4.69, 9.17) is 4.74 Å². The Morgan fingerprint density at radius 2 is 1.91 bits per heavy atom. The fourth-order valence-corrected chi connectivity index (χ4v) is 4.51. The summed E-state index contributed by atoms with van der Waals surface area (Å²) in [6.07, 6.45) is 7.95. The number of nitrogens with one attached hydrogen (secondary N) is 4. The van der Waals surface area contributed by atoms with Gasteiger partial charge in [-0.25, -0.2) is 0 Å². The van der Waals surface area contributed by atoms with Crippen LogP contribution >= 0.6 is 0 Å². The topological polar surface area (TPSA) is 103 Å². The second-order valence-corrected chi connectivity index (χ2v) is 9.21. The fraction of sp³-hybridized carbons (Fsp3) is 0.615. The number of carbonyl (C=O) groups excluding carboxylic acids is 1. The van der Waals surface area contributed by atoms with Crippen LogP contribution in [0.3, 0.4) is 0 Å². The van der Waals surface area contributed by atoms with Gasteiger partial charge >= 0.3 is 0 Å². The van der Waals surface area contributed by atoms with Gasteiger partial charge in [0.25, 0.3) is 5.56 Å². The number of aromatic amines is 1. The molecule has 2 aromatic rings. The molecule has 0 atom stereocenters. The molecule has 9 nitrogen and oxygen atoms in total. The van der Waals surface area contributed by atoms with E-state index in [1.807, 2.05) is 12.1 Å². The molecular formula is C26H42N6O3. The number of methoxy groups -OCH3 is 1. The van der Waals surface area contributed by atoms with E-state index in [0.29, 0.717) is 24.4 Å². The minimum absolute atomic E-state index is 0.0421. The van der Waals surface area contributed by atoms with Crippen molar-refractivity contribution in [2.45, 2.75) is 64.8 Å². The number of aryl methyl sites for hydroxylation is 1. The Balaban J connectivity index is 1.56. The van der Waals surface area contributed by atoms with Gasteiger partial charge in [-0.3, -0.25) is 19.4 Å². The van der Waals surface area contributed by atoms with Crippen molar-refractivity contribution in [3.05, 3.63) is 34.2 Å². The molecule has 1 aliphatic rings. The number of ether oxygens (including phenoxy) is 1. The molecule has 0 radical (unpaired) electrons. The number of anilines is 3. The van der Waals surface area contributed by atoms with Crippen molar-refractivity contribution in [2.75, 3.05) is 56.3 Å². The normalized spacial score (nSPS) is 13.7. The summed E-state index contributed by atoms with van der Waals surface area (Å²) in [5.41, 5.74) is 3.05. The van der Waals surface area contributed by atoms with Crippen LogP contribution in [0, 0.1) is 0 Å². The highest BCUT2D eigenvalue weighted by molar-refractivity contribution is 5.96. The lowest BCUT2D eigenvalue weighted by atomic mass is 10.1. The molecular weight excluding hydrogens is 444 g/mol. The first-order chi connectivity index (χ1) is 17.0. The van der Waals surface area contributed by atoms with Crippen molar-refractivity contribution in [1.29, 1.82) is 0 Å². The van der Waals surface area contributed by atoms with E-state index in [0.717, 1.165) is 49.7 Å². The zero-order valence-corrected chi connectivity index (χ0v) is 21.5. The summed E-state index contributed by atoms with van der Waals surface area (Å²) in [7, 11) is 3.43. The highest BCUT2D eigenvalue weighted by atomic mass is 16.5. The molecule has 35 heavy (non-hydrogen) atoms. The summed E-state index contributed by atoms with van der Waals surface area (Å²) in [4.78, 5) is 27.5. The third-order valence-electron chi connectivity index (χ3n) is 6.51. The molecule has 0 saturated carbocycles. The number of unbranched alkanes of at least 4 members (excludes halogenated alkanes) is 3. The van der Waals surface area contributed by atoms with Crippen LogP contribution in [0.4, 0.5) is 17.1 Å². The standard InChI is InChI=1S/C26H42N6O3/c1-4-5-6-7-12-28-21-17-22(26(27-2)23(18-21)35-3)29-24(33)11-10-20-19-25(34)32(30-20)16-15-31-13-8-9-14-31/h17-19,27-28,30H,4-16H2,1-3H3,(H,29,33). The molecule has 4 N–H and O–H groups in total. The Morgan fingerprint density at radius 3 is 2.63 bits per heavy atom. The monoisotopic (exact) mass is 486 g/mol. The van der Waals surface area contributed by atoms with E-state index in [9.17, 15) is 9.59 Å². The SMILES string of the molecule is CCCCCCNc1cc(NC(=O)CCc2cc(=O)n(CCN3CCCC3)[nH]2)c(NC)c(OC)c1. The average Bonchev–Trinajstić information content (AvgIpc) is 3.50. The number of aromatic nitrogens is 2. The Bertz CT molecular complexity index is 993. The Kier molecular flexibility index (Phi) is 10.5. The van der Waals surface area contributed by atoms with Gasteiger partial charge in [0.2, 0.25) is 5.91 Å². The second kappa shape index (κ2) is 13.8. The largest absolute Gasteiger partial charge is 0.494 e. The van der Waals surface area contributed by atoms with Gasteiger partial charge in [0.1, 0.15) is 11.4 Å². The van der Waals surface area contributed by atoms with Crippen molar-refractivity contribution in [2.24, 2.45) is 0 Å². The van der Waals surface area contributed by atoms with E-state index >= 15 is 0 Å². The van der Waals surface area contributed by atoms with Gasteiger partial charge in [-0.1, -0.05) is 26.2 Å². The molecule has 1 fully saturated rings. The van der Waals surface area contributed by atoms with Crippen molar-refractivity contribution in [1.82, 2.24) is 14.7 Å².